The average Bonchev–Trinajstić information content (AvgIpc) is 3.40. The standard InChI is InChI=1S/C26H25ClF2N2O4/c1-15(32)20-13-30(22-8-7-18(35-2)11-19(20)22)14-25(34)31-12-17(28)10-23(31)24(33)9-6-16-4-3-5-21(27)26(16)29/h3-5,7-8,11,13,17,23H,6,9-10,12,14H2,1-2H3/t17-,23+/m1/s1. The highest BCUT2D eigenvalue weighted by Crippen LogP contribution is 2.28. The Bertz CT molecular complexity index is 1310. The van der Waals surface area contributed by atoms with Gasteiger partial charge in [0.1, 0.15) is 24.3 Å². The summed E-state index contributed by atoms with van der Waals surface area (Å²) in [5.41, 5.74) is 1.39. The molecule has 1 aliphatic rings. The molecule has 9 heteroatoms. The average molecular weight is 503 g/mol. The molecule has 2 heterocycles. The molecule has 1 aliphatic heterocycles. The highest BCUT2D eigenvalue weighted by Gasteiger charge is 2.39. The van der Waals surface area contributed by atoms with Crippen LogP contribution in [0.5, 0.6) is 5.75 Å². The second-order valence-electron chi connectivity index (χ2n) is 8.68. The van der Waals surface area contributed by atoms with Crippen molar-refractivity contribution in [2.45, 2.75) is 44.9 Å². The smallest absolute Gasteiger partial charge is 0.243 e. The Morgan fingerprint density at radius 2 is 1.97 bits per heavy atom. The maximum absolute atomic E-state index is 14.3. The molecule has 1 saturated heterocycles. The Morgan fingerprint density at radius 3 is 2.69 bits per heavy atom. The van der Waals surface area contributed by atoms with Crippen molar-refractivity contribution in [3.8, 4) is 5.75 Å². The van der Waals surface area contributed by atoms with Crippen molar-refractivity contribution >= 4 is 40.0 Å². The summed E-state index contributed by atoms with van der Waals surface area (Å²) in [6, 6.07) is 8.84. The lowest BCUT2D eigenvalue weighted by atomic mass is 10.0. The molecule has 0 N–H and O–H groups in total. The lowest BCUT2D eigenvalue weighted by Gasteiger charge is -2.24. The van der Waals surface area contributed by atoms with Gasteiger partial charge in [0.2, 0.25) is 5.91 Å². The van der Waals surface area contributed by atoms with E-state index >= 15 is 0 Å². The molecule has 1 amide bonds. The highest BCUT2D eigenvalue weighted by atomic mass is 35.5. The highest BCUT2D eigenvalue weighted by molar-refractivity contribution is 6.30. The number of amides is 1. The first kappa shape index (κ1) is 24.9. The van der Waals surface area contributed by atoms with E-state index in [1.165, 1.54) is 25.0 Å². The third kappa shape index (κ3) is 5.07. The third-order valence-corrected chi connectivity index (χ3v) is 6.68. The van der Waals surface area contributed by atoms with Crippen molar-refractivity contribution in [2.75, 3.05) is 13.7 Å². The number of hydrogen-bond donors (Lipinski definition) is 0. The molecule has 1 aromatic heterocycles. The van der Waals surface area contributed by atoms with Crippen molar-refractivity contribution in [1.29, 1.82) is 0 Å². The predicted octanol–water partition coefficient (Wildman–Crippen LogP) is 4.79. The van der Waals surface area contributed by atoms with Gasteiger partial charge in [-0.3, -0.25) is 14.4 Å². The van der Waals surface area contributed by atoms with Crippen LogP contribution >= 0.6 is 11.6 Å². The van der Waals surface area contributed by atoms with Crippen LogP contribution in [0, 0.1) is 5.82 Å². The molecule has 0 unspecified atom stereocenters. The number of rotatable bonds is 8. The number of aryl methyl sites for hydroxylation is 1. The Kier molecular flexibility index (Phi) is 7.21. The number of ether oxygens (including phenoxy) is 1. The number of Topliss-reactive ketones (excluding diaryl/α,β-unsaturated/α-hetero) is 2. The molecule has 2 aromatic carbocycles. The van der Waals surface area contributed by atoms with Crippen LogP contribution in [0.15, 0.2) is 42.6 Å². The van der Waals surface area contributed by atoms with Crippen LogP contribution in [0.4, 0.5) is 8.78 Å². The summed E-state index contributed by atoms with van der Waals surface area (Å²) in [6.45, 7) is 1.09. The number of carbonyl (C=O) groups excluding carboxylic acids is 3. The van der Waals surface area contributed by atoms with Gasteiger partial charge in [-0.15, -0.1) is 0 Å². The summed E-state index contributed by atoms with van der Waals surface area (Å²) >= 11 is 5.80. The van der Waals surface area contributed by atoms with Crippen LogP contribution in [0.25, 0.3) is 10.9 Å². The molecular weight excluding hydrogens is 478 g/mol. The summed E-state index contributed by atoms with van der Waals surface area (Å²) in [7, 11) is 1.52. The molecule has 0 bridgehead atoms. The monoisotopic (exact) mass is 502 g/mol. The maximum Gasteiger partial charge on any atom is 0.243 e. The number of aromatic nitrogens is 1. The van der Waals surface area contributed by atoms with E-state index in [2.05, 4.69) is 0 Å². The zero-order valence-electron chi connectivity index (χ0n) is 19.4. The van der Waals surface area contributed by atoms with Crippen molar-refractivity contribution in [1.82, 2.24) is 9.47 Å². The van der Waals surface area contributed by atoms with Gasteiger partial charge in [0.15, 0.2) is 11.6 Å². The van der Waals surface area contributed by atoms with E-state index in [1.807, 2.05) is 0 Å². The number of benzene rings is 2. The number of fused-ring (bicyclic) bond motifs is 1. The van der Waals surface area contributed by atoms with Crippen LogP contribution in [-0.2, 0) is 22.6 Å². The molecule has 6 nitrogen and oxygen atoms in total. The van der Waals surface area contributed by atoms with Gasteiger partial charge >= 0.3 is 0 Å². The lowest BCUT2D eigenvalue weighted by Crippen LogP contribution is -2.42. The second-order valence-corrected chi connectivity index (χ2v) is 9.09. The van der Waals surface area contributed by atoms with Crippen molar-refractivity contribution < 1.29 is 27.9 Å². The van der Waals surface area contributed by atoms with Gasteiger partial charge in [-0.25, -0.2) is 8.78 Å². The van der Waals surface area contributed by atoms with Crippen molar-refractivity contribution in [3.05, 3.63) is 64.6 Å². The fourth-order valence-electron chi connectivity index (χ4n) is 4.58. The lowest BCUT2D eigenvalue weighted by molar-refractivity contribution is -0.138. The molecule has 2 atom stereocenters. The summed E-state index contributed by atoms with van der Waals surface area (Å²) in [5, 5.41) is 0.614. The Morgan fingerprint density at radius 1 is 1.20 bits per heavy atom. The van der Waals surface area contributed by atoms with Gasteiger partial charge in [0.25, 0.3) is 0 Å². The molecule has 0 saturated carbocycles. The molecule has 184 valence electrons. The van der Waals surface area contributed by atoms with Crippen LogP contribution in [0.1, 0.15) is 35.7 Å². The van der Waals surface area contributed by atoms with E-state index in [0.717, 1.165) is 0 Å². The first-order valence-electron chi connectivity index (χ1n) is 11.3. The first-order chi connectivity index (χ1) is 16.7. The normalized spacial score (nSPS) is 17.7. The van der Waals surface area contributed by atoms with Gasteiger partial charge in [-0.1, -0.05) is 23.7 Å². The first-order valence-corrected chi connectivity index (χ1v) is 11.6. The van der Waals surface area contributed by atoms with Crippen molar-refractivity contribution in [3.63, 3.8) is 0 Å². The number of carbonyl (C=O) groups is 3. The number of ketones is 2. The Balaban J connectivity index is 1.52. The Hall–Kier alpha value is -3.26. The minimum absolute atomic E-state index is 0.0297. The van der Waals surface area contributed by atoms with Crippen LogP contribution in [0.2, 0.25) is 5.02 Å². The van der Waals surface area contributed by atoms with Gasteiger partial charge < -0.3 is 14.2 Å². The second kappa shape index (κ2) is 10.2. The van der Waals surface area contributed by atoms with Crippen LogP contribution < -0.4 is 4.74 Å². The SMILES string of the molecule is COc1ccc2c(c1)c(C(C)=O)cn2CC(=O)N1C[C@H](F)C[C@H]1C(=O)CCc1cccc(Cl)c1F. The molecule has 35 heavy (non-hydrogen) atoms. The number of likely N-dealkylation sites (tertiary alicyclic amines) is 1. The topological polar surface area (TPSA) is 68.6 Å². The van der Waals surface area contributed by atoms with Gasteiger partial charge in [-0.05, 0) is 43.2 Å². The molecule has 0 aliphatic carbocycles. The number of nitrogens with zero attached hydrogens (tertiary/aromatic N) is 2. The molecule has 0 radical (unpaired) electrons. The van der Waals surface area contributed by atoms with E-state index in [4.69, 9.17) is 16.3 Å². The number of halogens is 3. The van der Waals surface area contributed by atoms with E-state index in [-0.39, 0.29) is 48.9 Å². The summed E-state index contributed by atoms with van der Waals surface area (Å²) < 4.78 is 35.4. The van der Waals surface area contributed by atoms with Gasteiger partial charge in [-0.2, -0.15) is 0 Å². The number of hydrogen-bond acceptors (Lipinski definition) is 4. The van der Waals surface area contributed by atoms with Crippen molar-refractivity contribution in [2.24, 2.45) is 0 Å². The molecular formula is C26H25ClF2N2O4. The largest absolute Gasteiger partial charge is 0.497 e. The van der Waals surface area contributed by atoms with Gasteiger partial charge in [0.05, 0.1) is 24.7 Å². The zero-order valence-corrected chi connectivity index (χ0v) is 20.1. The number of methoxy groups -OCH3 is 1. The van der Waals surface area contributed by atoms with Crippen LogP contribution in [0.3, 0.4) is 0 Å². The fourth-order valence-corrected chi connectivity index (χ4v) is 4.78. The summed E-state index contributed by atoms with van der Waals surface area (Å²) in [4.78, 5) is 39.5. The van der Waals surface area contributed by atoms with E-state index in [0.29, 0.717) is 27.8 Å². The minimum atomic E-state index is -1.32. The van der Waals surface area contributed by atoms with E-state index in [9.17, 15) is 23.2 Å². The number of alkyl halides is 1. The van der Waals surface area contributed by atoms with E-state index in [1.54, 1.807) is 41.1 Å². The van der Waals surface area contributed by atoms with Gasteiger partial charge in [0, 0.05) is 35.5 Å². The fraction of sp³-hybridized carbons (Fsp3) is 0.346. The third-order valence-electron chi connectivity index (χ3n) is 6.39. The summed E-state index contributed by atoms with van der Waals surface area (Å²) in [5.74, 6) is -0.932. The minimum Gasteiger partial charge on any atom is -0.497 e. The molecule has 1 fully saturated rings. The molecule has 4 rings (SSSR count). The predicted molar refractivity (Wildman–Crippen MR) is 128 cm³/mol. The Labute approximate surface area is 206 Å². The quantitative estimate of drug-likeness (QED) is 0.415. The summed E-state index contributed by atoms with van der Waals surface area (Å²) in [6.07, 6.45) is 0.234. The van der Waals surface area contributed by atoms with Crippen LogP contribution in [-0.4, -0.2) is 52.8 Å². The molecule has 3 aromatic rings. The van der Waals surface area contributed by atoms with E-state index < -0.39 is 23.9 Å². The maximum atomic E-state index is 14.3. The molecule has 0 spiro atoms. The zero-order chi connectivity index (χ0) is 25.3.